The molecule has 1 N–H and O–H groups in total. The molecule has 0 radical (unpaired) electrons. The molecule has 0 aliphatic rings. The minimum atomic E-state index is -1.19. The van der Waals surface area contributed by atoms with Gasteiger partial charge in [-0.3, -0.25) is 4.79 Å². The van der Waals surface area contributed by atoms with Gasteiger partial charge >= 0.3 is 5.97 Å². The molecule has 3 heteroatoms. The highest BCUT2D eigenvalue weighted by Gasteiger charge is 2.21. The first-order valence-electron chi connectivity index (χ1n) is 5.07. The van der Waals surface area contributed by atoms with Crippen LogP contribution in [-0.4, -0.2) is 11.1 Å². The van der Waals surface area contributed by atoms with Gasteiger partial charge < -0.3 is 5.11 Å². The highest BCUT2D eigenvalue weighted by atomic mass is 19.1. The lowest BCUT2D eigenvalue weighted by Gasteiger charge is -2.13. The van der Waals surface area contributed by atoms with E-state index in [9.17, 15) is 9.18 Å². The molecule has 0 amide bonds. The second-order valence-corrected chi connectivity index (χ2v) is 3.56. The monoisotopic (exact) mass is 210 g/mol. The van der Waals surface area contributed by atoms with Crippen LogP contribution in [0.2, 0.25) is 0 Å². The van der Waals surface area contributed by atoms with E-state index in [1.807, 2.05) is 6.07 Å². The average molecular weight is 210 g/mol. The minimum absolute atomic E-state index is 0.0514. The maximum Gasteiger partial charge on any atom is 0.306 e. The van der Waals surface area contributed by atoms with Crippen molar-refractivity contribution in [3.05, 3.63) is 35.9 Å². The van der Waals surface area contributed by atoms with E-state index < -0.39 is 18.1 Å². The van der Waals surface area contributed by atoms with Crippen molar-refractivity contribution in [2.75, 3.05) is 0 Å². The number of halogens is 1. The van der Waals surface area contributed by atoms with Crippen molar-refractivity contribution < 1.29 is 14.3 Å². The third kappa shape index (κ3) is 3.35. The van der Waals surface area contributed by atoms with E-state index in [4.69, 9.17) is 5.11 Å². The van der Waals surface area contributed by atoms with Gasteiger partial charge in [0.05, 0.1) is 5.92 Å². The number of carboxylic acids is 1. The standard InChI is InChI=1S/C12H15FO2/c1-2-9(12(14)15)8-11(13)10-6-4-3-5-7-10/h3-7,9,11H,2,8H2,1H3,(H,14,15). The number of hydrogen-bond donors (Lipinski definition) is 1. The number of carbonyl (C=O) groups is 1. The van der Waals surface area contributed by atoms with Gasteiger partial charge in [-0.2, -0.15) is 0 Å². The molecule has 2 atom stereocenters. The maximum absolute atomic E-state index is 13.7. The lowest BCUT2D eigenvalue weighted by molar-refractivity contribution is -0.142. The third-order valence-electron chi connectivity index (χ3n) is 2.49. The maximum atomic E-state index is 13.7. The summed E-state index contributed by atoms with van der Waals surface area (Å²) in [4.78, 5) is 10.7. The largest absolute Gasteiger partial charge is 0.481 e. The van der Waals surface area contributed by atoms with Crippen LogP contribution >= 0.6 is 0 Å². The molecule has 2 unspecified atom stereocenters. The van der Waals surface area contributed by atoms with Crippen LogP contribution in [0.3, 0.4) is 0 Å². The highest BCUT2D eigenvalue weighted by Crippen LogP contribution is 2.26. The normalized spacial score (nSPS) is 14.5. The number of alkyl halides is 1. The molecule has 82 valence electrons. The topological polar surface area (TPSA) is 37.3 Å². The number of aliphatic carboxylic acids is 1. The summed E-state index contributed by atoms with van der Waals surface area (Å²) >= 11 is 0. The second-order valence-electron chi connectivity index (χ2n) is 3.56. The highest BCUT2D eigenvalue weighted by molar-refractivity contribution is 5.69. The molecule has 0 heterocycles. The van der Waals surface area contributed by atoms with Crippen molar-refractivity contribution in [1.29, 1.82) is 0 Å². The van der Waals surface area contributed by atoms with Crippen molar-refractivity contribution >= 4 is 5.97 Å². The number of rotatable bonds is 5. The lowest BCUT2D eigenvalue weighted by atomic mass is 9.96. The molecular formula is C12H15FO2. The minimum Gasteiger partial charge on any atom is -0.481 e. The third-order valence-corrected chi connectivity index (χ3v) is 2.49. The van der Waals surface area contributed by atoms with E-state index in [0.29, 0.717) is 12.0 Å². The van der Waals surface area contributed by atoms with E-state index >= 15 is 0 Å². The first-order valence-corrected chi connectivity index (χ1v) is 5.07. The van der Waals surface area contributed by atoms with Crippen molar-refractivity contribution in [2.45, 2.75) is 25.9 Å². The zero-order chi connectivity index (χ0) is 11.3. The van der Waals surface area contributed by atoms with Gasteiger partial charge in [-0.1, -0.05) is 37.3 Å². The molecule has 0 aromatic heterocycles. The molecule has 2 nitrogen and oxygen atoms in total. The Morgan fingerprint density at radius 1 is 1.40 bits per heavy atom. The quantitative estimate of drug-likeness (QED) is 0.810. The predicted molar refractivity (Wildman–Crippen MR) is 56.3 cm³/mol. The Hall–Kier alpha value is -1.38. The smallest absolute Gasteiger partial charge is 0.306 e. The summed E-state index contributed by atoms with van der Waals surface area (Å²) in [6, 6.07) is 8.68. The van der Waals surface area contributed by atoms with Gasteiger partial charge in [-0.05, 0) is 18.4 Å². The van der Waals surface area contributed by atoms with Crippen molar-refractivity contribution in [3.63, 3.8) is 0 Å². The Kier molecular flexibility index (Phi) is 4.28. The first kappa shape index (κ1) is 11.7. The lowest BCUT2D eigenvalue weighted by Crippen LogP contribution is -2.14. The Labute approximate surface area is 88.7 Å². The molecule has 0 saturated carbocycles. The molecule has 1 aromatic rings. The molecule has 0 saturated heterocycles. The Morgan fingerprint density at radius 3 is 2.47 bits per heavy atom. The number of carboxylic acid groups (broad SMARTS) is 1. The molecule has 0 aliphatic carbocycles. The fourth-order valence-electron chi connectivity index (χ4n) is 1.49. The summed E-state index contributed by atoms with van der Waals surface area (Å²) in [7, 11) is 0. The fraction of sp³-hybridized carbons (Fsp3) is 0.417. The summed E-state index contributed by atoms with van der Waals surface area (Å²) < 4.78 is 13.7. The molecular weight excluding hydrogens is 195 g/mol. The molecule has 15 heavy (non-hydrogen) atoms. The van der Waals surface area contributed by atoms with Gasteiger partial charge in [0, 0.05) is 0 Å². The van der Waals surface area contributed by atoms with Crippen LogP contribution in [0.1, 0.15) is 31.5 Å². The van der Waals surface area contributed by atoms with E-state index in [2.05, 4.69) is 0 Å². The van der Waals surface area contributed by atoms with Crippen molar-refractivity contribution in [2.24, 2.45) is 5.92 Å². The second kappa shape index (κ2) is 5.49. The average Bonchev–Trinajstić information content (AvgIpc) is 2.26. The van der Waals surface area contributed by atoms with Gasteiger partial charge in [-0.15, -0.1) is 0 Å². The van der Waals surface area contributed by atoms with Gasteiger partial charge in [0.15, 0.2) is 0 Å². The number of hydrogen-bond acceptors (Lipinski definition) is 1. The van der Waals surface area contributed by atoms with Crippen LogP contribution in [0.15, 0.2) is 30.3 Å². The molecule has 0 bridgehead atoms. The van der Waals surface area contributed by atoms with Crippen LogP contribution in [0, 0.1) is 5.92 Å². The van der Waals surface area contributed by atoms with E-state index in [1.54, 1.807) is 31.2 Å². The number of benzene rings is 1. The summed E-state index contributed by atoms with van der Waals surface area (Å²) in [5.41, 5.74) is 0.553. The molecule has 1 rings (SSSR count). The summed E-state index contributed by atoms with van der Waals surface area (Å²) in [5, 5.41) is 8.80. The van der Waals surface area contributed by atoms with E-state index in [1.165, 1.54) is 0 Å². The Morgan fingerprint density at radius 2 is 2.00 bits per heavy atom. The first-order chi connectivity index (χ1) is 7.15. The van der Waals surface area contributed by atoms with Crippen LogP contribution in [0.25, 0.3) is 0 Å². The molecule has 0 spiro atoms. The van der Waals surface area contributed by atoms with E-state index in [0.717, 1.165) is 0 Å². The Bertz CT molecular complexity index is 311. The molecule has 1 aromatic carbocycles. The van der Waals surface area contributed by atoms with Crippen molar-refractivity contribution in [1.82, 2.24) is 0 Å². The van der Waals surface area contributed by atoms with Gasteiger partial charge in [0.25, 0.3) is 0 Å². The SMILES string of the molecule is CCC(CC(F)c1ccccc1)C(=O)O. The zero-order valence-corrected chi connectivity index (χ0v) is 8.69. The van der Waals surface area contributed by atoms with Crippen LogP contribution in [0.5, 0.6) is 0 Å². The van der Waals surface area contributed by atoms with Crippen LogP contribution in [0.4, 0.5) is 4.39 Å². The van der Waals surface area contributed by atoms with Crippen LogP contribution < -0.4 is 0 Å². The summed E-state index contributed by atoms with van der Waals surface area (Å²) in [6.07, 6.45) is -0.675. The van der Waals surface area contributed by atoms with Gasteiger partial charge in [0.1, 0.15) is 6.17 Å². The van der Waals surface area contributed by atoms with Gasteiger partial charge in [0.2, 0.25) is 0 Å². The predicted octanol–water partition coefficient (Wildman–Crippen LogP) is 3.20. The molecule has 0 fully saturated rings. The summed E-state index contributed by atoms with van der Waals surface area (Å²) in [6.45, 7) is 1.76. The van der Waals surface area contributed by atoms with Crippen LogP contribution in [-0.2, 0) is 4.79 Å². The fourth-order valence-corrected chi connectivity index (χ4v) is 1.49. The van der Waals surface area contributed by atoms with Crippen molar-refractivity contribution in [3.8, 4) is 0 Å². The van der Waals surface area contributed by atoms with E-state index in [-0.39, 0.29) is 6.42 Å². The van der Waals surface area contributed by atoms with Gasteiger partial charge in [-0.25, -0.2) is 4.39 Å². The summed E-state index contributed by atoms with van der Waals surface area (Å²) in [5.74, 6) is -1.52. The zero-order valence-electron chi connectivity index (χ0n) is 8.69. The molecule has 0 aliphatic heterocycles. The Balaban J connectivity index is 2.62.